The third-order valence-electron chi connectivity index (χ3n) is 4.47. The molecule has 2 aromatic carbocycles. The van der Waals surface area contributed by atoms with Gasteiger partial charge in [-0.2, -0.15) is 5.26 Å². The van der Waals surface area contributed by atoms with Crippen molar-refractivity contribution in [2.75, 3.05) is 51.3 Å². The van der Waals surface area contributed by atoms with E-state index in [1.165, 1.54) is 5.69 Å². The first kappa shape index (κ1) is 17.1. The second-order valence-electron chi connectivity index (χ2n) is 6.01. The molecule has 5 heteroatoms. The molecule has 0 aliphatic carbocycles. The Morgan fingerprint density at radius 1 is 0.920 bits per heavy atom. The lowest BCUT2D eigenvalue weighted by atomic mass is 10.2. The van der Waals surface area contributed by atoms with E-state index in [0.717, 1.165) is 44.2 Å². The Balaban J connectivity index is 1.40. The Hall–Kier alpha value is -2.71. The van der Waals surface area contributed by atoms with Crippen molar-refractivity contribution in [3.8, 4) is 17.6 Å². The smallest absolute Gasteiger partial charge is 0.119 e. The minimum absolute atomic E-state index is 0.655. The molecule has 0 amide bonds. The third kappa shape index (κ3) is 4.65. The molecule has 130 valence electrons. The van der Waals surface area contributed by atoms with E-state index in [0.29, 0.717) is 12.2 Å². The molecule has 0 radical (unpaired) electrons. The van der Waals surface area contributed by atoms with Crippen LogP contribution in [0.2, 0.25) is 0 Å². The van der Waals surface area contributed by atoms with E-state index >= 15 is 0 Å². The molecular formula is C20H23N3O2. The number of nitriles is 1. The maximum Gasteiger partial charge on any atom is 0.119 e. The van der Waals surface area contributed by atoms with Gasteiger partial charge in [0.15, 0.2) is 0 Å². The molecule has 0 spiro atoms. The van der Waals surface area contributed by atoms with Gasteiger partial charge < -0.3 is 14.4 Å². The van der Waals surface area contributed by atoms with Gasteiger partial charge in [-0.3, -0.25) is 4.90 Å². The second-order valence-corrected chi connectivity index (χ2v) is 6.01. The molecule has 2 aromatic rings. The Labute approximate surface area is 149 Å². The van der Waals surface area contributed by atoms with Crippen LogP contribution in [0, 0.1) is 11.3 Å². The van der Waals surface area contributed by atoms with Crippen LogP contribution in [0.3, 0.4) is 0 Å². The zero-order chi connectivity index (χ0) is 17.5. The van der Waals surface area contributed by atoms with Crippen molar-refractivity contribution in [3.05, 3.63) is 54.1 Å². The van der Waals surface area contributed by atoms with Gasteiger partial charge in [-0.05, 0) is 48.5 Å². The van der Waals surface area contributed by atoms with Crippen molar-refractivity contribution in [1.29, 1.82) is 5.26 Å². The second kappa shape index (κ2) is 8.41. The Morgan fingerprint density at radius 3 is 2.16 bits per heavy atom. The van der Waals surface area contributed by atoms with E-state index in [1.54, 1.807) is 19.2 Å². The predicted octanol–water partition coefficient (Wildman–Crippen LogP) is 2.77. The molecule has 1 fully saturated rings. The van der Waals surface area contributed by atoms with Crippen LogP contribution in [0.25, 0.3) is 0 Å². The largest absolute Gasteiger partial charge is 0.497 e. The van der Waals surface area contributed by atoms with Crippen LogP contribution in [0.4, 0.5) is 5.69 Å². The SMILES string of the molecule is COc1ccc(N2CCN(CCOc3ccc(C#N)cc3)CC2)cc1. The highest BCUT2D eigenvalue weighted by atomic mass is 16.5. The highest BCUT2D eigenvalue weighted by molar-refractivity contribution is 5.49. The van der Waals surface area contributed by atoms with Crippen molar-refractivity contribution in [2.24, 2.45) is 0 Å². The van der Waals surface area contributed by atoms with Gasteiger partial charge in [-0.25, -0.2) is 0 Å². The lowest BCUT2D eigenvalue weighted by Gasteiger charge is -2.36. The first-order valence-corrected chi connectivity index (χ1v) is 8.53. The number of ether oxygens (including phenoxy) is 2. The van der Waals surface area contributed by atoms with E-state index in [2.05, 4.69) is 28.0 Å². The molecule has 0 unspecified atom stereocenters. The van der Waals surface area contributed by atoms with Gasteiger partial charge in [0.05, 0.1) is 18.7 Å². The fourth-order valence-electron chi connectivity index (χ4n) is 2.94. The molecule has 0 bridgehead atoms. The van der Waals surface area contributed by atoms with Gasteiger partial charge >= 0.3 is 0 Å². The van der Waals surface area contributed by atoms with E-state index in [-0.39, 0.29) is 0 Å². The molecule has 0 N–H and O–H groups in total. The predicted molar refractivity (Wildman–Crippen MR) is 98.3 cm³/mol. The van der Waals surface area contributed by atoms with Gasteiger partial charge in [-0.1, -0.05) is 0 Å². The Morgan fingerprint density at radius 2 is 1.56 bits per heavy atom. The lowest BCUT2D eigenvalue weighted by Crippen LogP contribution is -2.47. The number of anilines is 1. The average molecular weight is 337 g/mol. The summed E-state index contributed by atoms with van der Waals surface area (Å²) in [6.07, 6.45) is 0. The van der Waals surface area contributed by atoms with Crippen LogP contribution in [0.5, 0.6) is 11.5 Å². The van der Waals surface area contributed by atoms with Crippen LogP contribution in [0.1, 0.15) is 5.56 Å². The first-order valence-electron chi connectivity index (χ1n) is 8.53. The molecule has 0 aromatic heterocycles. The topological polar surface area (TPSA) is 48.7 Å². The minimum Gasteiger partial charge on any atom is -0.497 e. The zero-order valence-electron chi connectivity index (χ0n) is 14.5. The van der Waals surface area contributed by atoms with Gasteiger partial charge in [0.2, 0.25) is 0 Å². The minimum atomic E-state index is 0.655. The van der Waals surface area contributed by atoms with Crippen LogP contribution in [-0.2, 0) is 0 Å². The molecule has 3 rings (SSSR count). The van der Waals surface area contributed by atoms with Crippen molar-refractivity contribution in [3.63, 3.8) is 0 Å². The summed E-state index contributed by atoms with van der Waals surface area (Å²) in [7, 11) is 1.69. The van der Waals surface area contributed by atoms with E-state index in [4.69, 9.17) is 14.7 Å². The van der Waals surface area contributed by atoms with Crippen LogP contribution < -0.4 is 14.4 Å². The highest BCUT2D eigenvalue weighted by Gasteiger charge is 2.17. The number of hydrogen-bond acceptors (Lipinski definition) is 5. The van der Waals surface area contributed by atoms with Gasteiger partial charge in [0.25, 0.3) is 0 Å². The maximum atomic E-state index is 8.80. The summed E-state index contributed by atoms with van der Waals surface area (Å²) in [4.78, 5) is 4.82. The van der Waals surface area contributed by atoms with Gasteiger partial charge in [0, 0.05) is 38.4 Å². The molecule has 25 heavy (non-hydrogen) atoms. The van der Waals surface area contributed by atoms with Crippen LogP contribution in [0.15, 0.2) is 48.5 Å². The lowest BCUT2D eigenvalue weighted by molar-refractivity contribution is 0.200. The number of rotatable bonds is 6. The monoisotopic (exact) mass is 337 g/mol. The molecular weight excluding hydrogens is 314 g/mol. The van der Waals surface area contributed by atoms with Crippen molar-refractivity contribution >= 4 is 5.69 Å². The van der Waals surface area contributed by atoms with Crippen LogP contribution >= 0.6 is 0 Å². The quantitative estimate of drug-likeness (QED) is 0.811. The Bertz CT molecular complexity index is 699. The summed E-state index contributed by atoms with van der Waals surface area (Å²) in [6.45, 7) is 5.67. The normalized spacial score (nSPS) is 14.8. The number of benzene rings is 2. The molecule has 0 saturated carbocycles. The summed E-state index contributed by atoms with van der Waals surface area (Å²) in [5.41, 5.74) is 1.90. The number of methoxy groups -OCH3 is 1. The fourth-order valence-corrected chi connectivity index (χ4v) is 2.94. The molecule has 5 nitrogen and oxygen atoms in total. The summed E-state index contributed by atoms with van der Waals surface area (Å²) in [5.74, 6) is 1.71. The standard InChI is InChI=1S/C20H23N3O2/c1-24-19-8-4-18(5-9-19)23-12-10-22(11-13-23)14-15-25-20-6-2-17(16-21)3-7-20/h2-9H,10-15H2,1H3. The Kier molecular flexibility index (Phi) is 5.76. The van der Waals surface area contributed by atoms with Crippen molar-refractivity contribution < 1.29 is 9.47 Å². The van der Waals surface area contributed by atoms with Crippen LogP contribution in [-0.4, -0.2) is 51.3 Å². The van der Waals surface area contributed by atoms with E-state index in [1.807, 2.05) is 24.3 Å². The zero-order valence-corrected chi connectivity index (χ0v) is 14.5. The highest BCUT2D eigenvalue weighted by Crippen LogP contribution is 2.20. The molecule has 1 heterocycles. The molecule has 1 aliphatic rings. The summed E-state index contributed by atoms with van der Waals surface area (Å²) in [5, 5.41) is 8.80. The number of nitrogens with zero attached hydrogens (tertiary/aromatic N) is 3. The number of hydrogen-bond donors (Lipinski definition) is 0. The van der Waals surface area contributed by atoms with Crippen molar-refractivity contribution in [2.45, 2.75) is 0 Å². The summed E-state index contributed by atoms with van der Waals surface area (Å²) in [6, 6.07) is 17.6. The third-order valence-corrected chi connectivity index (χ3v) is 4.47. The number of piperazine rings is 1. The van der Waals surface area contributed by atoms with E-state index < -0.39 is 0 Å². The van der Waals surface area contributed by atoms with E-state index in [9.17, 15) is 0 Å². The maximum absolute atomic E-state index is 8.80. The first-order chi connectivity index (χ1) is 12.3. The van der Waals surface area contributed by atoms with Crippen molar-refractivity contribution in [1.82, 2.24) is 4.90 Å². The summed E-state index contributed by atoms with van der Waals surface area (Å²) >= 11 is 0. The fraction of sp³-hybridized carbons (Fsp3) is 0.350. The molecule has 1 aliphatic heterocycles. The summed E-state index contributed by atoms with van der Waals surface area (Å²) < 4.78 is 11.0. The molecule has 0 atom stereocenters. The van der Waals surface area contributed by atoms with Gasteiger partial charge in [-0.15, -0.1) is 0 Å². The van der Waals surface area contributed by atoms with Gasteiger partial charge in [0.1, 0.15) is 18.1 Å². The molecule has 1 saturated heterocycles. The average Bonchev–Trinajstić information content (AvgIpc) is 2.69.